The van der Waals surface area contributed by atoms with E-state index in [1.807, 2.05) is 72.5 Å². The van der Waals surface area contributed by atoms with Gasteiger partial charge in [0, 0.05) is 45.1 Å². The highest BCUT2D eigenvalue weighted by Crippen LogP contribution is 2.26. The van der Waals surface area contributed by atoms with E-state index in [4.69, 9.17) is 4.74 Å². The smallest absolute Gasteiger partial charge is 0.276 e. The first kappa shape index (κ1) is 25.6. The minimum Gasteiger partial charge on any atom is -0.360 e. The Hall–Kier alpha value is -4.02. The fraction of sp³-hybridized carbons (Fsp3) is 0.286. The summed E-state index contributed by atoms with van der Waals surface area (Å²) in [7, 11) is 0.724. The molecule has 0 radical (unpaired) electrons. The number of fused-ring (bicyclic) bond motifs is 1. The van der Waals surface area contributed by atoms with Crippen LogP contribution < -0.4 is 5.32 Å². The lowest BCUT2D eigenvalue weighted by atomic mass is 10.1. The van der Waals surface area contributed by atoms with Gasteiger partial charge in [0.05, 0.1) is 36.0 Å². The van der Waals surface area contributed by atoms with Gasteiger partial charge in [0.2, 0.25) is 0 Å². The number of ether oxygens (including phenoxy) is 1. The van der Waals surface area contributed by atoms with E-state index >= 15 is 0 Å². The highest BCUT2D eigenvalue weighted by molar-refractivity contribution is 6.76. The van der Waals surface area contributed by atoms with Gasteiger partial charge < -0.3 is 14.6 Å². The van der Waals surface area contributed by atoms with Crippen molar-refractivity contribution in [3.63, 3.8) is 0 Å². The number of imidazole rings is 1. The molecule has 0 aliphatic heterocycles. The second kappa shape index (κ2) is 10.8. The second-order valence-electron chi connectivity index (χ2n) is 10.7. The molecule has 38 heavy (non-hydrogen) atoms. The van der Waals surface area contributed by atoms with E-state index < -0.39 is 8.07 Å². The maximum Gasteiger partial charge on any atom is 0.276 e. The first-order valence-electron chi connectivity index (χ1n) is 12.7. The van der Waals surface area contributed by atoms with Gasteiger partial charge in [0.15, 0.2) is 5.69 Å². The van der Waals surface area contributed by atoms with Crippen LogP contribution in [0.5, 0.6) is 0 Å². The standard InChI is InChI=1S/C28H33N7O2Si/c1-33-18-25(29-19-33)22-10-11-24-26(14-22)35(20-37-12-13-38(2,3)4)32-27(24)28(36)31-23-15-30-34(17-23)16-21-8-6-5-7-9-21/h5-11,14-15,17-19H,12-13,16,20H2,1-4H3,(H,31,36). The van der Waals surface area contributed by atoms with Crippen LogP contribution in [0.3, 0.4) is 0 Å². The SMILES string of the molecule is Cn1cnc(-c2ccc3c(C(=O)Nc4cnn(Cc5ccccc5)c4)nn(COCC[Si](C)(C)C)c3c2)c1. The summed E-state index contributed by atoms with van der Waals surface area (Å²) in [6.45, 7) is 8.53. The molecule has 0 unspecified atom stereocenters. The van der Waals surface area contributed by atoms with E-state index in [2.05, 4.69) is 40.1 Å². The maximum absolute atomic E-state index is 13.4. The molecule has 196 valence electrons. The summed E-state index contributed by atoms with van der Waals surface area (Å²) in [6, 6.07) is 17.0. The fourth-order valence-corrected chi connectivity index (χ4v) is 4.92. The van der Waals surface area contributed by atoms with Gasteiger partial charge >= 0.3 is 0 Å². The zero-order valence-corrected chi connectivity index (χ0v) is 23.3. The van der Waals surface area contributed by atoms with Gasteiger partial charge in [-0.25, -0.2) is 9.67 Å². The Morgan fingerprint density at radius 2 is 1.89 bits per heavy atom. The van der Waals surface area contributed by atoms with Gasteiger partial charge in [-0.15, -0.1) is 0 Å². The Labute approximate surface area is 223 Å². The average Bonchev–Trinajstić information content (AvgIpc) is 3.60. The molecular weight excluding hydrogens is 494 g/mol. The monoisotopic (exact) mass is 527 g/mol. The van der Waals surface area contributed by atoms with Crippen molar-refractivity contribution in [1.29, 1.82) is 0 Å². The summed E-state index contributed by atoms with van der Waals surface area (Å²) in [5, 5.41) is 12.8. The Morgan fingerprint density at radius 1 is 1.08 bits per heavy atom. The minimum atomic E-state index is -1.22. The summed E-state index contributed by atoms with van der Waals surface area (Å²) >= 11 is 0. The normalized spacial score (nSPS) is 11.8. The van der Waals surface area contributed by atoms with Crippen molar-refractivity contribution in [3.8, 4) is 11.3 Å². The highest BCUT2D eigenvalue weighted by Gasteiger charge is 2.20. The molecule has 0 bridgehead atoms. The molecule has 0 saturated carbocycles. The summed E-state index contributed by atoms with van der Waals surface area (Å²) in [5.41, 5.74) is 4.73. The van der Waals surface area contributed by atoms with E-state index in [1.54, 1.807) is 21.9 Å². The molecular formula is C28H33N7O2Si. The number of hydrogen-bond acceptors (Lipinski definition) is 5. The number of anilines is 1. The van der Waals surface area contributed by atoms with Crippen LogP contribution in [0.1, 0.15) is 16.1 Å². The van der Waals surface area contributed by atoms with Crippen LogP contribution in [0.15, 0.2) is 73.4 Å². The number of aromatic nitrogens is 6. The summed E-state index contributed by atoms with van der Waals surface area (Å²) in [6.07, 6.45) is 7.21. The Morgan fingerprint density at radius 3 is 2.63 bits per heavy atom. The van der Waals surface area contributed by atoms with Crippen molar-refractivity contribution in [2.75, 3.05) is 11.9 Å². The van der Waals surface area contributed by atoms with Gasteiger partial charge in [0.1, 0.15) is 6.73 Å². The van der Waals surface area contributed by atoms with E-state index in [-0.39, 0.29) is 12.6 Å². The first-order chi connectivity index (χ1) is 18.2. The van der Waals surface area contributed by atoms with Gasteiger partial charge in [-0.3, -0.25) is 9.48 Å². The van der Waals surface area contributed by atoms with Gasteiger partial charge in [-0.1, -0.05) is 56.0 Å². The molecule has 5 rings (SSSR count). The zero-order valence-electron chi connectivity index (χ0n) is 22.3. The first-order valence-corrected chi connectivity index (χ1v) is 16.4. The van der Waals surface area contributed by atoms with Crippen LogP contribution in [-0.4, -0.2) is 49.7 Å². The van der Waals surface area contributed by atoms with Gasteiger partial charge in [0.25, 0.3) is 5.91 Å². The van der Waals surface area contributed by atoms with Crippen LogP contribution in [0, 0.1) is 0 Å². The van der Waals surface area contributed by atoms with Crippen molar-refractivity contribution in [1.82, 2.24) is 29.1 Å². The molecule has 0 aliphatic rings. The Balaban J connectivity index is 1.39. The van der Waals surface area contributed by atoms with Crippen molar-refractivity contribution in [2.45, 2.75) is 39.0 Å². The molecule has 1 N–H and O–H groups in total. The van der Waals surface area contributed by atoms with Crippen molar-refractivity contribution in [2.24, 2.45) is 7.05 Å². The largest absolute Gasteiger partial charge is 0.360 e. The van der Waals surface area contributed by atoms with Crippen LogP contribution in [-0.2, 0) is 25.1 Å². The predicted octanol–water partition coefficient (Wildman–Crippen LogP) is 5.25. The summed E-state index contributed by atoms with van der Waals surface area (Å²) in [4.78, 5) is 17.8. The molecule has 9 nitrogen and oxygen atoms in total. The summed E-state index contributed by atoms with van der Waals surface area (Å²) in [5.74, 6) is -0.291. The molecule has 2 aromatic carbocycles. The maximum atomic E-state index is 13.4. The van der Waals surface area contributed by atoms with Gasteiger partial charge in [-0.05, 0) is 23.7 Å². The Bertz CT molecular complexity index is 1550. The van der Waals surface area contributed by atoms with Crippen molar-refractivity contribution in [3.05, 3.63) is 84.7 Å². The molecule has 0 saturated heterocycles. The number of nitrogens with one attached hydrogen (secondary N) is 1. The van der Waals surface area contributed by atoms with Crippen LogP contribution in [0.25, 0.3) is 22.2 Å². The van der Waals surface area contributed by atoms with Crippen LogP contribution in [0.4, 0.5) is 5.69 Å². The van der Waals surface area contributed by atoms with E-state index in [0.29, 0.717) is 24.5 Å². The van der Waals surface area contributed by atoms with E-state index in [0.717, 1.165) is 33.8 Å². The van der Waals surface area contributed by atoms with Gasteiger partial charge in [-0.2, -0.15) is 10.2 Å². The molecule has 0 atom stereocenters. The number of nitrogens with zero attached hydrogens (tertiary/aromatic N) is 6. The molecule has 3 aromatic heterocycles. The number of hydrogen-bond donors (Lipinski definition) is 1. The van der Waals surface area contributed by atoms with E-state index in [9.17, 15) is 4.79 Å². The average molecular weight is 528 g/mol. The molecule has 10 heteroatoms. The molecule has 0 fully saturated rings. The lowest BCUT2D eigenvalue weighted by molar-refractivity contribution is 0.0809. The van der Waals surface area contributed by atoms with Crippen LogP contribution >= 0.6 is 0 Å². The topological polar surface area (TPSA) is 91.8 Å². The van der Waals surface area contributed by atoms with Crippen molar-refractivity contribution >= 4 is 30.6 Å². The van der Waals surface area contributed by atoms with E-state index in [1.165, 1.54) is 0 Å². The number of carbonyl (C=O) groups is 1. The lowest BCUT2D eigenvalue weighted by Gasteiger charge is -2.15. The Kier molecular flexibility index (Phi) is 7.26. The summed E-state index contributed by atoms with van der Waals surface area (Å²) < 4.78 is 11.5. The predicted molar refractivity (Wildman–Crippen MR) is 152 cm³/mol. The molecule has 1 amide bonds. The fourth-order valence-electron chi connectivity index (χ4n) is 4.17. The highest BCUT2D eigenvalue weighted by atomic mass is 28.3. The number of carbonyl (C=O) groups excluding carboxylic acids is 1. The van der Waals surface area contributed by atoms with Crippen molar-refractivity contribution < 1.29 is 9.53 Å². The molecule has 0 aliphatic carbocycles. The third kappa shape index (κ3) is 6.09. The number of amides is 1. The second-order valence-corrected chi connectivity index (χ2v) is 16.3. The third-order valence-corrected chi connectivity index (χ3v) is 7.96. The molecule has 5 aromatic rings. The number of rotatable bonds is 10. The number of benzene rings is 2. The zero-order chi connectivity index (χ0) is 26.7. The lowest BCUT2D eigenvalue weighted by Crippen LogP contribution is -2.22. The molecule has 0 spiro atoms. The minimum absolute atomic E-state index is 0.273. The molecule has 3 heterocycles. The third-order valence-electron chi connectivity index (χ3n) is 6.26. The quantitative estimate of drug-likeness (QED) is 0.198. The van der Waals surface area contributed by atoms with Crippen LogP contribution in [0.2, 0.25) is 25.7 Å². The number of aryl methyl sites for hydroxylation is 1.